The van der Waals surface area contributed by atoms with Gasteiger partial charge in [0.25, 0.3) is 11.8 Å². The fraction of sp³-hybridized carbons (Fsp3) is 0.350. The third kappa shape index (κ3) is 4.95. The summed E-state index contributed by atoms with van der Waals surface area (Å²) in [6.07, 6.45) is 0.0353. The lowest BCUT2D eigenvalue weighted by Crippen LogP contribution is -2.41. The van der Waals surface area contributed by atoms with Crippen LogP contribution in [0.15, 0.2) is 41.8 Å². The van der Waals surface area contributed by atoms with Crippen LogP contribution in [0.1, 0.15) is 29.4 Å². The molecule has 0 spiro atoms. The summed E-state index contributed by atoms with van der Waals surface area (Å²) in [5, 5.41) is 4.44. The number of benzene rings is 1. The predicted octanol–water partition coefficient (Wildman–Crippen LogP) is 3.31. The standard InChI is InChI=1S/C20H21FN2O4S/c1-13(18(24)22-16-6-4-15(21)5-7-16)27-20(26)14-8-10-23(11-9-14)19(25)17-3-2-12-28-17/h2-7,12-14H,8-11H2,1H3,(H,22,24)/t13-/m0/s1. The number of esters is 1. The zero-order valence-electron chi connectivity index (χ0n) is 15.4. The molecule has 8 heteroatoms. The molecule has 0 saturated carbocycles. The van der Waals surface area contributed by atoms with E-state index in [0.29, 0.717) is 36.5 Å². The quantitative estimate of drug-likeness (QED) is 0.776. The molecule has 1 aromatic heterocycles. The second-order valence-corrected chi connectivity index (χ2v) is 7.57. The van der Waals surface area contributed by atoms with Gasteiger partial charge in [-0.2, -0.15) is 0 Å². The summed E-state index contributed by atoms with van der Waals surface area (Å²) in [5.74, 6) is -1.68. The van der Waals surface area contributed by atoms with Crippen LogP contribution in [0.2, 0.25) is 0 Å². The van der Waals surface area contributed by atoms with Crippen molar-refractivity contribution in [1.29, 1.82) is 0 Å². The van der Waals surface area contributed by atoms with Gasteiger partial charge in [0, 0.05) is 18.8 Å². The normalized spacial score (nSPS) is 15.7. The van der Waals surface area contributed by atoms with E-state index in [1.807, 2.05) is 11.4 Å². The Bertz CT molecular complexity index is 830. The molecule has 2 heterocycles. The molecule has 1 aromatic carbocycles. The van der Waals surface area contributed by atoms with E-state index in [9.17, 15) is 18.8 Å². The minimum atomic E-state index is -0.969. The highest BCUT2D eigenvalue weighted by Crippen LogP contribution is 2.22. The molecule has 3 rings (SSSR count). The molecule has 2 amide bonds. The molecule has 1 aliphatic heterocycles. The Balaban J connectivity index is 1.46. The monoisotopic (exact) mass is 404 g/mol. The maximum absolute atomic E-state index is 12.9. The molecule has 28 heavy (non-hydrogen) atoms. The second-order valence-electron chi connectivity index (χ2n) is 6.62. The van der Waals surface area contributed by atoms with Crippen molar-refractivity contribution in [1.82, 2.24) is 4.90 Å². The highest BCUT2D eigenvalue weighted by atomic mass is 32.1. The number of ether oxygens (including phenoxy) is 1. The van der Waals surface area contributed by atoms with Crippen molar-refractivity contribution in [3.63, 3.8) is 0 Å². The molecule has 6 nitrogen and oxygen atoms in total. The Morgan fingerprint density at radius 1 is 1.18 bits per heavy atom. The molecule has 1 atom stereocenters. The third-order valence-corrected chi connectivity index (χ3v) is 5.48. The van der Waals surface area contributed by atoms with Crippen LogP contribution in [-0.2, 0) is 14.3 Å². The minimum Gasteiger partial charge on any atom is -0.452 e. The minimum absolute atomic E-state index is 0.0196. The summed E-state index contributed by atoms with van der Waals surface area (Å²) in [4.78, 5) is 39.3. The van der Waals surface area contributed by atoms with E-state index < -0.39 is 23.8 Å². The Labute approximate surface area is 166 Å². The van der Waals surface area contributed by atoms with Crippen molar-refractivity contribution in [2.75, 3.05) is 18.4 Å². The van der Waals surface area contributed by atoms with E-state index in [2.05, 4.69) is 5.32 Å². The maximum Gasteiger partial charge on any atom is 0.309 e. The summed E-state index contributed by atoms with van der Waals surface area (Å²) < 4.78 is 18.2. The van der Waals surface area contributed by atoms with Crippen LogP contribution in [0.4, 0.5) is 10.1 Å². The second kappa shape index (κ2) is 8.97. The van der Waals surface area contributed by atoms with Gasteiger partial charge in [0.2, 0.25) is 0 Å². The SMILES string of the molecule is C[C@H](OC(=O)C1CCN(C(=O)c2cccs2)CC1)C(=O)Nc1ccc(F)cc1. The number of halogens is 1. The summed E-state index contributed by atoms with van der Waals surface area (Å²) in [6.45, 7) is 2.45. The number of carbonyl (C=O) groups is 3. The molecule has 1 saturated heterocycles. The van der Waals surface area contributed by atoms with Crippen molar-refractivity contribution in [3.8, 4) is 0 Å². The van der Waals surface area contributed by atoms with Crippen molar-refractivity contribution < 1.29 is 23.5 Å². The first-order valence-corrected chi connectivity index (χ1v) is 9.91. The number of hydrogen-bond donors (Lipinski definition) is 1. The average molecular weight is 404 g/mol. The van der Waals surface area contributed by atoms with Crippen LogP contribution in [0, 0.1) is 11.7 Å². The first kappa shape index (κ1) is 20.0. The van der Waals surface area contributed by atoms with Gasteiger partial charge in [-0.25, -0.2) is 4.39 Å². The lowest BCUT2D eigenvalue weighted by atomic mass is 9.97. The van der Waals surface area contributed by atoms with E-state index in [0.717, 1.165) is 0 Å². The van der Waals surface area contributed by atoms with Crippen molar-refractivity contribution in [2.24, 2.45) is 5.92 Å². The van der Waals surface area contributed by atoms with Gasteiger partial charge in [0.1, 0.15) is 5.82 Å². The van der Waals surface area contributed by atoms with Crippen LogP contribution in [0.25, 0.3) is 0 Å². The van der Waals surface area contributed by atoms with Crippen LogP contribution in [0.3, 0.4) is 0 Å². The van der Waals surface area contributed by atoms with Gasteiger partial charge >= 0.3 is 5.97 Å². The number of rotatable bonds is 5. The molecule has 148 valence electrons. The number of anilines is 1. The van der Waals surface area contributed by atoms with Crippen molar-refractivity contribution in [2.45, 2.75) is 25.9 Å². The topological polar surface area (TPSA) is 75.7 Å². The van der Waals surface area contributed by atoms with Crippen molar-refractivity contribution in [3.05, 3.63) is 52.5 Å². The number of likely N-dealkylation sites (tertiary alicyclic amines) is 1. The number of thiophene rings is 1. The molecule has 0 unspecified atom stereocenters. The number of piperidine rings is 1. The zero-order valence-corrected chi connectivity index (χ0v) is 16.2. The van der Waals surface area contributed by atoms with Gasteiger partial charge in [-0.05, 0) is 55.5 Å². The summed E-state index contributed by atoms with van der Waals surface area (Å²) in [5.41, 5.74) is 0.426. The van der Waals surface area contributed by atoms with E-state index in [1.54, 1.807) is 11.0 Å². The smallest absolute Gasteiger partial charge is 0.309 e. The Morgan fingerprint density at radius 3 is 2.46 bits per heavy atom. The predicted molar refractivity (Wildman–Crippen MR) is 104 cm³/mol. The van der Waals surface area contributed by atoms with E-state index in [1.165, 1.54) is 42.5 Å². The van der Waals surface area contributed by atoms with Gasteiger partial charge in [-0.3, -0.25) is 14.4 Å². The first-order chi connectivity index (χ1) is 13.4. The molecular weight excluding hydrogens is 383 g/mol. The molecule has 1 aliphatic rings. The van der Waals surface area contributed by atoms with Crippen LogP contribution in [0.5, 0.6) is 0 Å². The fourth-order valence-corrected chi connectivity index (χ4v) is 3.67. The fourth-order valence-electron chi connectivity index (χ4n) is 2.98. The highest BCUT2D eigenvalue weighted by molar-refractivity contribution is 7.12. The number of carbonyl (C=O) groups excluding carboxylic acids is 3. The maximum atomic E-state index is 12.9. The number of amides is 2. The summed E-state index contributed by atoms with van der Waals surface area (Å²) >= 11 is 1.40. The van der Waals surface area contributed by atoms with Gasteiger partial charge in [0.15, 0.2) is 6.10 Å². The van der Waals surface area contributed by atoms with Crippen molar-refractivity contribution >= 4 is 34.8 Å². The van der Waals surface area contributed by atoms with Gasteiger partial charge < -0.3 is 15.0 Å². The lowest BCUT2D eigenvalue weighted by molar-refractivity contribution is -0.158. The highest BCUT2D eigenvalue weighted by Gasteiger charge is 2.31. The average Bonchev–Trinajstić information content (AvgIpc) is 3.24. The van der Waals surface area contributed by atoms with Crippen LogP contribution in [-0.4, -0.2) is 41.9 Å². The Morgan fingerprint density at radius 2 is 1.86 bits per heavy atom. The molecule has 1 N–H and O–H groups in total. The Hall–Kier alpha value is -2.74. The van der Waals surface area contributed by atoms with Crippen LogP contribution >= 0.6 is 11.3 Å². The number of hydrogen-bond acceptors (Lipinski definition) is 5. The lowest BCUT2D eigenvalue weighted by Gasteiger charge is -2.31. The Kier molecular flexibility index (Phi) is 6.41. The van der Waals surface area contributed by atoms with Gasteiger partial charge in [0.05, 0.1) is 10.8 Å². The number of nitrogens with one attached hydrogen (secondary N) is 1. The molecule has 0 bridgehead atoms. The van der Waals surface area contributed by atoms with E-state index >= 15 is 0 Å². The summed E-state index contributed by atoms with van der Waals surface area (Å²) in [7, 11) is 0. The van der Waals surface area contributed by atoms with Crippen LogP contribution < -0.4 is 5.32 Å². The first-order valence-electron chi connectivity index (χ1n) is 9.03. The third-order valence-electron chi connectivity index (χ3n) is 4.62. The molecular formula is C20H21FN2O4S. The number of nitrogens with zero attached hydrogens (tertiary/aromatic N) is 1. The van der Waals surface area contributed by atoms with Gasteiger partial charge in [-0.15, -0.1) is 11.3 Å². The zero-order chi connectivity index (χ0) is 20.1. The van der Waals surface area contributed by atoms with E-state index in [4.69, 9.17) is 4.74 Å². The molecule has 1 fully saturated rings. The van der Waals surface area contributed by atoms with E-state index in [-0.39, 0.29) is 11.8 Å². The molecule has 2 aromatic rings. The largest absolute Gasteiger partial charge is 0.452 e. The summed E-state index contributed by atoms with van der Waals surface area (Å²) in [6, 6.07) is 8.95. The molecule has 0 aliphatic carbocycles. The van der Waals surface area contributed by atoms with Gasteiger partial charge in [-0.1, -0.05) is 6.07 Å². The molecule has 0 radical (unpaired) electrons.